The van der Waals surface area contributed by atoms with Gasteiger partial charge < -0.3 is 14.2 Å². The Balaban J connectivity index is 4.50. The van der Waals surface area contributed by atoms with E-state index in [1.165, 1.54) is 44.9 Å². The number of rotatable bonds is 41. The fraction of sp³-hybridized carbons (Fsp3) is 0.673. The normalized spacial score (nSPS) is 12.8. The van der Waals surface area contributed by atoms with E-state index in [1.54, 1.807) is 0 Å². The summed E-state index contributed by atoms with van der Waals surface area (Å²) in [4.78, 5) is 37.8. The van der Waals surface area contributed by atoms with Crippen LogP contribution in [0.2, 0.25) is 0 Å². The summed E-state index contributed by atoms with van der Waals surface area (Å²) in [6.07, 6.45) is 58.5. The molecule has 6 heteroatoms. The van der Waals surface area contributed by atoms with Crippen molar-refractivity contribution in [2.24, 2.45) is 0 Å². The van der Waals surface area contributed by atoms with Crippen LogP contribution in [0, 0.1) is 0 Å². The van der Waals surface area contributed by atoms with Gasteiger partial charge in [0.15, 0.2) is 6.10 Å². The Morgan fingerprint density at radius 3 is 1.10 bits per heavy atom. The van der Waals surface area contributed by atoms with E-state index in [4.69, 9.17) is 14.2 Å². The van der Waals surface area contributed by atoms with E-state index < -0.39 is 6.10 Å². The van der Waals surface area contributed by atoms with Gasteiger partial charge in [-0.3, -0.25) is 14.4 Å². The summed E-state index contributed by atoms with van der Waals surface area (Å²) < 4.78 is 16.7. The van der Waals surface area contributed by atoms with Crippen molar-refractivity contribution >= 4 is 17.9 Å². The summed E-state index contributed by atoms with van der Waals surface area (Å²) in [7, 11) is 0. The summed E-state index contributed by atoms with van der Waals surface area (Å²) in [6, 6.07) is 0. The van der Waals surface area contributed by atoms with Crippen molar-refractivity contribution in [3.05, 3.63) is 85.1 Å². The van der Waals surface area contributed by atoms with E-state index in [0.29, 0.717) is 19.3 Å². The van der Waals surface area contributed by atoms with Crippen LogP contribution in [0.25, 0.3) is 0 Å². The van der Waals surface area contributed by atoms with Crippen LogP contribution in [0.1, 0.15) is 207 Å². The smallest absolute Gasteiger partial charge is 0.306 e. The molecule has 0 heterocycles. The van der Waals surface area contributed by atoms with E-state index >= 15 is 0 Å². The Morgan fingerprint density at radius 2 is 0.672 bits per heavy atom. The topological polar surface area (TPSA) is 78.9 Å². The SMILES string of the molecule is CC/C=C\C/C=C\C/C=C\C/C=C\CCCCC(=O)OCC(COC(=O)CCCCCCC/C=C\CCCC)OC(=O)CCCCCCC/C=C\C/C=C\CCCC. The second-order valence-electron chi connectivity index (χ2n) is 15.3. The van der Waals surface area contributed by atoms with Gasteiger partial charge in [-0.05, 0) is 103 Å². The highest BCUT2D eigenvalue weighted by Crippen LogP contribution is 2.12. The first-order valence-electron chi connectivity index (χ1n) is 23.6. The van der Waals surface area contributed by atoms with Crippen LogP contribution in [-0.2, 0) is 28.6 Å². The minimum atomic E-state index is -0.802. The van der Waals surface area contributed by atoms with Gasteiger partial charge in [-0.15, -0.1) is 0 Å². The molecule has 0 rings (SSSR count). The largest absolute Gasteiger partial charge is 0.462 e. The number of carbonyl (C=O) groups excluding carboxylic acids is 3. The van der Waals surface area contributed by atoms with Crippen LogP contribution in [0.4, 0.5) is 0 Å². The first kappa shape index (κ1) is 54.6. The highest BCUT2D eigenvalue weighted by Gasteiger charge is 2.19. The van der Waals surface area contributed by atoms with Crippen LogP contribution in [0.3, 0.4) is 0 Å². The minimum absolute atomic E-state index is 0.101. The van der Waals surface area contributed by atoms with Gasteiger partial charge >= 0.3 is 17.9 Å². The van der Waals surface area contributed by atoms with Crippen molar-refractivity contribution in [2.75, 3.05) is 13.2 Å². The molecule has 0 aliphatic heterocycles. The van der Waals surface area contributed by atoms with Gasteiger partial charge in [-0.1, -0.05) is 170 Å². The van der Waals surface area contributed by atoms with Crippen molar-refractivity contribution in [3.8, 4) is 0 Å². The number of esters is 3. The maximum Gasteiger partial charge on any atom is 0.306 e. The van der Waals surface area contributed by atoms with Crippen molar-refractivity contribution in [3.63, 3.8) is 0 Å². The molecule has 0 spiro atoms. The second kappa shape index (κ2) is 46.3. The number of hydrogen-bond donors (Lipinski definition) is 0. The van der Waals surface area contributed by atoms with Crippen molar-refractivity contribution in [1.29, 1.82) is 0 Å². The third-order valence-electron chi connectivity index (χ3n) is 9.60. The van der Waals surface area contributed by atoms with Crippen LogP contribution in [0.5, 0.6) is 0 Å². The van der Waals surface area contributed by atoms with Gasteiger partial charge in [0.1, 0.15) is 13.2 Å². The van der Waals surface area contributed by atoms with E-state index in [0.717, 1.165) is 122 Å². The first-order valence-corrected chi connectivity index (χ1v) is 23.6. The van der Waals surface area contributed by atoms with E-state index in [-0.39, 0.29) is 31.1 Å². The van der Waals surface area contributed by atoms with Gasteiger partial charge in [-0.2, -0.15) is 0 Å². The lowest BCUT2D eigenvalue weighted by Gasteiger charge is -2.18. The quantitative estimate of drug-likeness (QED) is 0.0265. The molecule has 0 aromatic carbocycles. The van der Waals surface area contributed by atoms with Gasteiger partial charge in [0.25, 0.3) is 0 Å². The van der Waals surface area contributed by atoms with Crippen LogP contribution in [-0.4, -0.2) is 37.2 Å². The molecule has 0 aromatic rings. The summed E-state index contributed by atoms with van der Waals surface area (Å²) in [6.45, 7) is 6.37. The Bertz CT molecular complexity index is 1160. The third-order valence-corrected chi connectivity index (χ3v) is 9.60. The van der Waals surface area contributed by atoms with Crippen molar-refractivity contribution < 1.29 is 28.6 Å². The molecule has 1 atom stereocenters. The van der Waals surface area contributed by atoms with Gasteiger partial charge in [0, 0.05) is 19.3 Å². The van der Waals surface area contributed by atoms with Crippen LogP contribution >= 0.6 is 0 Å². The van der Waals surface area contributed by atoms with Crippen LogP contribution in [0.15, 0.2) is 85.1 Å². The Hall–Kier alpha value is -3.41. The van der Waals surface area contributed by atoms with Gasteiger partial charge in [0.2, 0.25) is 0 Å². The number of unbranched alkanes of at least 4 members (excludes halogenated alkanes) is 16. The van der Waals surface area contributed by atoms with E-state index in [2.05, 4.69) is 106 Å². The first-order chi connectivity index (χ1) is 28.5. The molecule has 0 saturated heterocycles. The number of carbonyl (C=O) groups is 3. The molecule has 0 saturated carbocycles. The molecule has 1 unspecified atom stereocenters. The van der Waals surface area contributed by atoms with Crippen molar-refractivity contribution in [1.82, 2.24) is 0 Å². The van der Waals surface area contributed by atoms with Crippen molar-refractivity contribution in [2.45, 2.75) is 213 Å². The summed E-state index contributed by atoms with van der Waals surface area (Å²) >= 11 is 0. The number of allylic oxidation sites excluding steroid dienone is 14. The molecule has 0 radical (unpaired) electrons. The fourth-order valence-electron chi connectivity index (χ4n) is 6.02. The Morgan fingerprint density at radius 1 is 0.362 bits per heavy atom. The maximum absolute atomic E-state index is 12.7. The standard InChI is InChI=1S/C52H86O6/c1-4-7-10-13-16-19-22-24-26-28-30-33-36-39-42-45-51(54)57-48-49(47-56-50(53)44-41-38-35-32-29-21-18-15-12-9-6-3)58-52(55)46-43-40-37-34-31-27-25-23-20-17-14-11-8-5-2/h7,10,14-19,23-26,30,33,49H,4-6,8-9,11-13,20-22,27-29,31-32,34-48H2,1-3H3/b10-7-,17-14-,18-15-,19-16-,25-23-,26-24-,33-30-. The molecule has 0 aliphatic carbocycles. The number of ether oxygens (including phenoxy) is 3. The third kappa shape index (κ3) is 43.7. The van der Waals surface area contributed by atoms with Crippen LogP contribution < -0.4 is 0 Å². The highest BCUT2D eigenvalue weighted by atomic mass is 16.6. The summed E-state index contributed by atoms with van der Waals surface area (Å²) in [5.74, 6) is -0.974. The molecule has 0 bridgehead atoms. The Kier molecular flexibility index (Phi) is 43.6. The zero-order chi connectivity index (χ0) is 42.3. The average molecular weight is 807 g/mol. The van der Waals surface area contributed by atoms with Gasteiger partial charge in [0.05, 0.1) is 0 Å². The lowest BCUT2D eigenvalue weighted by atomic mass is 10.1. The zero-order valence-electron chi connectivity index (χ0n) is 37.5. The molecule has 0 amide bonds. The molecule has 330 valence electrons. The maximum atomic E-state index is 12.7. The molecule has 0 aromatic heterocycles. The monoisotopic (exact) mass is 807 g/mol. The molecular weight excluding hydrogens is 721 g/mol. The molecular formula is C52H86O6. The lowest BCUT2D eigenvalue weighted by molar-refractivity contribution is -0.167. The summed E-state index contributed by atoms with van der Waals surface area (Å²) in [5, 5.41) is 0. The number of hydrogen-bond acceptors (Lipinski definition) is 6. The predicted molar refractivity (Wildman–Crippen MR) is 247 cm³/mol. The molecule has 0 N–H and O–H groups in total. The molecule has 6 nitrogen and oxygen atoms in total. The Labute approximate surface area is 356 Å². The minimum Gasteiger partial charge on any atom is -0.462 e. The highest BCUT2D eigenvalue weighted by molar-refractivity contribution is 5.71. The van der Waals surface area contributed by atoms with E-state index in [1.807, 2.05) is 0 Å². The predicted octanol–water partition coefficient (Wildman–Crippen LogP) is 15.3. The lowest BCUT2D eigenvalue weighted by Crippen LogP contribution is -2.30. The fourth-order valence-corrected chi connectivity index (χ4v) is 6.02. The molecule has 0 fully saturated rings. The van der Waals surface area contributed by atoms with E-state index in [9.17, 15) is 14.4 Å². The zero-order valence-corrected chi connectivity index (χ0v) is 37.5. The average Bonchev–Trinajstić information content (AvgIpc) is 3.22. The second-order valence-corrected chi connectivity index (χ2v) is 15.3. The van der Waals surface area contributed by atoms with Gasteiger partial charge in [-0.25, -0.2) is 0 Å². The summed E-state index contributed by atoms with van der Waals surface area (Å²) in [5.41, 5.74) is 0. The molecule has 0 aliphatic rings. The molecule has 58 heavy (non-hydrogen) atoms.